The Morgan fingerprint density at radius 1 is 0.468 bits per heavy atom. The quantitative estimate of drug-likeness (QED) is 0.0741. The van der Waals surface area contributed by atoms with Crippen molar-refractivity contribution >= 4 is 104 Å². The van der Waals surface area contributed by atoms with E-state index in [-0.39, 0.29) is 80.2 Å². The van der Waals surface area contributed by atoms with Gasteiger partial charge in [-0.15, -0.1) is 22.6 Å². The molecule has 7 N–H and O–H groups in total. The van der Waals surface area contributed by atoms with Gasteiger partial charge in [-0.2, -0.15) is 0 Å². The van der Waals surface area contributed by atoms with Gasteiger partial charge in [0.15, 0.2) is 0 Å². The summed E-state index contributed by atoms with van der Waals surface area (Å²) in [6, 6.07) is 41.9. The van der Waals surface area contributed by atoms with Crippen LogP contribution in [0.2, 0.25) is 0 Å². The second-order valence-electron chi connectivity index (χ2n) is 34.3. The normalized spacial score (nSPS) is 22.0. The van der Waals surface area contributed by atoms with Crippen molar-refractivity contribution in [1.82, 2.24) is 41.0 Å². The number of carboxylic acids is 1. The molecule has 0 radical (unpaired) electrons. The second kappa shape index (κ2) is 40.2. The molecule has 6 aromatic carbocycles. The number of H-pyrrole nitrogens is 2. The number of rotatable bonds is 10. The molecular weight excluding hydrogens is 1670 g/mol. The monoisotopic (exact) mass is 1790 g/mol. The maximum Gasteiger partial charge on any atom is 0.375 e. The van der Waals surface area contributed by atoms with E-state index in [9.17, 15) is 28.8 Å². The molecule has 33 heteroatoms. The van der Waals surface area contributed by atoms with E-state index in [4.69, 9.17) is 48.7 Å². The van der Waals surface area contributed by atoms with Crippen molar-refractivity contribution in [2.24, 2.45) is 39.2 Å². The Labute approximate surface area is 738 Å². The zero-order valence-electron chi connectivity index (χ0n) is 70.7. The van der Waals surface area contributed by atoms with Gasteiger partial charge in [-0.3, -0.25) is 34.2 Å². The van der Waals surface area contributed by atoms with Gasteiger partial charge in [-0.25, -0.2) is 14.8 Å². The van der Waals surface area contributed by atoms with E-state index in [1.807, 2.05) is 136 Å². The predicted octanol–water partition coefficient (Wildman–Crippen LogP) is 10.4. The summed E-state index contributed by atoms with van der Waals surface area (Å²) >= 11 is 3.38. The Morgan fingerprint density at radius 2 is 0.815 bits per heavy atom. The van der Waals surface area contributed by atoms with Gasteiger partial charge in [0, 0.05) is 184 Å². The molecule has 664 valence electrons. The number of nitrogens with one attached hydrogen (secondary N) is 4. The summed E-state index contributed by atoms with van der Waals surface area (Å²) in [5.41, 5.74) is 16.4. The molecule has 0 aliphatic carbocycles. The van der Waals surface area contributed by atoms with Crippen molar-refractivity contribution < 1.29 is 71.8 Å². The third-order valence-corrected chi connectivity index (χ3v) is 25.9. The molecule has 0 unspecified atom stereocenters. The van der Waals surface area contributed by atoms with E-state index < -0.39 is 24.0 Å². The number of ether oxygens (including phenoxy) is 8. The number of hydrogen-bond donors (Lipinski definition) is 6. The molecule has 14 heterocycles. The number of hydrogen-bond acceptors (Lipinski definition) is 23. The van der Waals surface area contributed by atoms with Crippen LogP contribution in [0.5, 0.6) is 23.0 Å². The van der Waals surface area contributed by atoms with Crippen LogP contribution >= 0.6 is 28.3 Å². The average Bonchev–Trinajstić information content (AvgIpc) is 1.03. The Hall–Kier alpha value is -10.5. The first-order chi connectivity index (χ1) is 58.9. The van der Waals surface area contributed by atoms with Crippen LogP contribution in [0, 0.1) is 33.5 Å². The summed E-state index contributed by atoms with van der Waals surface area (Å²) in [6.07, 6.45) is 10.4. The lowest BCUT2D eigenvalue weighted by atomic mass is 9.73. The minimum atomic E-state index is -1.12. The molecule has 4 atom stereocenters. The number of fused-ring (bicyclic) bond motifs is 4. The maximum atomic E-state index is 13.3. The highest BCUT2D eigenvalue weighted by Gasteiger charge is 2.48. The Kier molecular flexibility index (Phi) is 29.6. The lowest BCUT2D eigenvalue weighted by Gasteiger charge is -2.53. The average molecular weight is 1790 g/mol. The van der Waals surface area contributed by atoms with Crippen molar-refractivity contribution in [2.75, 3.05) is 194 Å². The number of halogens is 2. The lowest BCUT2D eigenvalue weighted by Crippen LogP contribution is -2.58. The number of aromatic carboxylic acids is 1. The number of aromatic amines is 2. The molecule has 4 spiro atoms. The second-order valence-corrected chi connectivity index (χ2v) is 35.2. The SMILES string of the molecule is C.C1CC2(CCO1)CNC2.CN1C(=O)[C@@H](N)COc2ccc(N3CC4(CCOCC4)C3)cc21.CN1C(=O)[C@@H](NC(=O)c2n[nH]c(Cc3ccccc3)n2)COc2ccc(N3CC4(CCOCC4)C3)cc21.C[C@H]1COc2ccc(Br)cc2N(C)C1=O.C[C@H]1COc2ccc(N3CC4(CCOCC4)C3)cc2N(C)C1=O.Cl.O=C(O)c1n[nH]c(Cc2ccccc2)n1. The van der Waals surface area contributed by atoms with Gasteiger partial charge in [-0.1, -0.05) is 97.9 Å². The van der Waals surface area contributed by atoms with Gasteiger partial charge in [0.1, 0.15) is 59.9 Å². The molecule has 124 heavy (non-hydrogen) atoms. The van der Waals surface area contributed by atoms with Gasteiger partial charge >= 0.3 is 5.97 Å². The number of carbonyl (C=O) groups is 6. The molecule has 31 nitrogen and oxygen atoms in total. The van der Waals surface area contributed by atoms with E-state index in [1.165, 1.54) is 31.6 Å². The number of carboxylic acid groups (broad SMARTS) is 1. The van der Waals surface area contributed by atoms with Crippen molar-refractivity contribution in [1.29, 1.82) is 0 Å². The minimum Gasteiger partial charge on any atom is -0.491 e. The summed E-state index contributed by atoms with van der Waals surface area (Å²) in [5, 5.41) is 27.7. The first-order valence-electron chi connectivity index (χ1n) is 42.2. The number of carbonyl (C=O) groups excluding carboxylic acids is 5. The fourth-order valence-corrected chi connectivity index (χ4v) is 17.9. The van der Waals surface area contributed by atoms with Gasteiger partial charge < -0.3 is 93.7 Å². The van der Waals surface area contributed by atoms with Crippen LogP contribution in [0.4, 0.5) is 39.8 Å². The number of anilines is 7. The minimum absolute atomic E-state index is 0. The fourth-order valence-electron chi connectivity index (χ4n) is 17.5. The third kappa shape index (κ3) is 21.2. The van der Waals surface area contributed by atoms with E-state index in [1.54, 1.807) is 40.7 Å². The number of nitrogens with zero attached hydrogens (tertiary/aromatic N) is 11. The largest absolute Gasteiger partial charge is 0.491 e. The summed E-state index contributed by atoms with van der Waals surface area (Å²) in [6.45, 7) is 20.9. The van der Waals surface area contributed by atoms with Crippen LogP contribution in [0.15, 0.2) is 138 Å². The third-order valence-electron chi connectivity index (χ3n) is 25.4. The van der Waals surface area contributed by atoms with Crippen LogP contribution in [0.1, 0.15) is 117 Å². The lowest BCUT2D eigenvalue weighted by molar-refractivity contribution is -0.122. The molecule has 12 aliphatic rings. The van der Waals surface area contributed by atoms with Gasteiger partial charge in [0.05, 0.1) is 47.8 Å². The summed E-state index contributed by atoms with van der Waals surface area (Å²) in [7, 11) is 7.08. The molecule has 2 aromatic heterocycles. The van der Waals surface area contributed by atoms with Crippen LogP contribution in [-0.2, 0) is 51.0 Å². The van der Waals surface area contributed by atoms with Crippen LogP contribution < -0.4 is 69.6 Å². The summed E-state index contributed by atoms with van der Waals surface area (Å²) in [5.74, 6) is 1.82. The maximum absolute atomic E-state index is 13.3. The highest BCUT2D eigenvalue weighted by Crippen LogP contribution is 2.48. The molecule has 5 amide bonds. The molecule has 8 saturated heterocycles. The molecule has 12 aliphatic heterocycles. The molecule has 0 saturated carbocycles. The van der Waals surface area contributed by atoms with Gasteiger partial charge in [0.25, 0.3) is 17.6 Å². The van der Waals surface area contributed by atoms with Crippen LogP contribution in [0.3, 0.4) is 0 Å². The first-order valence-corrected chi connectivity index (χ1v) is 43.0. The van der Waals surface area contributed by atoms with E-state index >= 15 is 0 Å². The highest BCUT2D eigenvalue weighted by atomic mass is 79.9. The number of aromatic nitrogens is 6. The first kappa shape index (κ1) is 91.3. The van der Waals surface area contributed by atoms with Crippen molar-refractivity contribution in [3.63, 3.8) is 0 Å². The molecule has 8 fully saturated rings. The molecule has 8 aromatic rings. The Morgan fingerprint density at radius 3 is 1.19 bits per heavy atom. The predicted molar refractivity (Wildman–Crippen MR) is 478 cm³/mol. The van der Waals surface area contributed by atoms with Crippen molar-refractivity contribution in [3.8, 4) is 23.0 Å². The van der Waals surface area contributed by atoms with Crippen molar-refractivity contribution in [2.45, 2.75) is 97.6 Å². The summed E-state index contributed by atoms with van der Waals surface area (Å²) in [4.78, 5) is 94.9. The Balaban J connectivity index is 0.000000134. The Bertz CT molecular complexity index is 4880. The zero-order valence-corrected chi connectivity index (χ0v) is 73.1. The highest BCUT2D eigenvalue weighted by molar-refractivity contribution is 9.10. The van der Waals surface area contributed by atoms with E-state index in [0.29, 0.717) is 70.8 Å². The van der Waals surface area contributed by atoms with Crippen molar-refractivity contribution in [3.05, 3.63) is 172 Å². The number of likely N-dealkylation sites (N-methyl/N-ethyl adjacent to an activating group) is 2. The van der Waals surface area contributed by atoms with Gasteiger partial charge in [0.2, 0.25) is 23.5 Å². The van der Waals surface area contributed by atoms with E-state index in [2.05, 4.69) is 89.8 Å². The fraction of sp³-hybridized carbons (Fsp3) is 0.495. The van der Waals surface area contributed by atoms with E-state index in [0.717, 1.165) is 192 Å². The number of amides is 5. The van der Waals surface area contributed by atoms with Crippen LogP contribution in [0.25, 0.3) is 0 Å². The van der Waals surface area contributed by atoms with Crippen LogP contribution in [-0.4, -0.2) is 243 Å². The number of nitrogens with two attached hydrogens (primary N) is 1. The smallest absolute Gasteiger partial charge is 0.375 e. The zero-order chi connectivity index (χ0) is 85.3. The topological polar surface area (TPSA) is 352 Å². The van der Waals surface area contributed by atoms with Gasteiger partial charge in [-0.05, 0) is 141 Å². The standard InChI is InChI=1S/C27H30N6O4.C18H24N2O3.C17H23N3O3.C11H12BrNO2.C10H9N3O2.C7H13NO.CH4.ClH/c1-32-21-14-19(33-16-27(17-33)9-11-36-12-10-27)7-8-22(21)37-15-20(26(32)35)28-25(34)24-29-23(30-31-24)13-18-5-3-2-4-6-18;1-13-10-23-16-4-3-14(9-15(16)19(2)17(13)21)20-11-18(12-20)5-7-22-8-6-18;1-19-14-8-12(2-3-15(14)23-9-13(18)16(19)21)20-10-17(11-20)4-6-22-7-5-17;1-7-6-15-10-4-3-8(12)5-9(10)13(2)11(7)14;14-10(15)9-11-8(12-13-9)6-7-4-2-1-3-5-7;1-3-9-4-2-7(1)5-8-6-7;;/h2-8,14,20H,9-13,15-17H2,1H3,(H,28,34)(H,29,30,31);3-4,9,13H,5-8,10-12H2,1-2H3;2-3,8,13H,4-7,9-11,18H2,1H3;3-5,7H,6H2,1-2H3;1-5H,6H2,(H,14,15)(H,11,12,13);8H,1-6H2;1H4;1H/t20-;2*13-;7-;;;;/m0000..../s1. The number of benzene rings is 6. The molecule has 20 rings (SSSR count). The summed E-state index contributed by atoms with van der Waals surface area (Å²) < 4.78 is 45.7. The molecular formula is C91H116BrClN16O15. The molecule has 0 bridgehead atoms.